The Kier molecular flexibility index (Phi) is 75.8. The van der Waals surface area contributed by atoms with Gasteiger partial charge < -0.3 is 33.8 Å². The number of phosphoric ester groups is 2. The van der Waals surface area contributed by atoms with Crippen molar-refractivity contribution in [2.45, 2.75) is 470 Å². The minimum atomic E-state index is -4.96. The predicted molar refractivity (Wildman–Crippen MR) is 419 cm³/mol. The zero-order chi connectivity index (χ0) is 74.6. The number of aliphatic hydroxyl groups is 1. The largest absolute Gasteiger partial charge is 0.472 e. The topological polar surface area (TPSA) is 237 Å². The Labute approximate surface area is 626 Å². The number of carbonyl (C=O) groups is 4. The molecule has 5 atom stereocenters. The van der Waals surface area contributed by atoms with Crippen LogP contribution >= 0.6 is 15.6 Å². The molecular weight excluding hydrogens is 1330 g/mol. The van der Waals surface area contributed by atoms with Crippen LogP contribution in [0.5, 0.6) is 0 Å². The van der Waals surface area contributed by atoms with Crippen molar-refractivity contribution in [2.75, 3.05) is 39.6 Å². The van der Waals surface area contributed by atoms with E-state index >= 15 is 0 Å². The molecule has 0 bridgehead atoms. The summed E-state index contributed by atoms with van der Waals surface area (Å²) < 4.78 is 68.9. The molecule has 0 aromatic carbocycles. The zero-order valence-electron chi connectivity index (χ0n) is 66.6. The lowest BCUT2D eigenvalue weighted by molar-refractivity contribution is -0.161. The van der Waals surface area contributed by atoms with E-state index in [1.807, 2.05) is 0 Å². The molecule has 0 aromatic rings. The highest BCUT2D eigenvalue weighted by molar-refractivity contribution is 7.47. The molecule has 0 fully saturated rings. The molecule has 17 nitrogen and oxygen atoms in total. The summed E-state index contributed by atoms with van der Waals surface area (Å²) in [7, 11) is -9.92. The van der Waals surface area contributed by atoms with Crippen molar-refractivity contribution in [2.24, 2.45) is 0 Å². The minimum absolute atomic E-state index is 0.110. The van der Waals surface area contributed by atoms with Gasteiger partial charge in [-0.3, -0.25) is 37.3 Å². The molecule has 3 N–H and O–H groups in total. The lowest BCUT2D eigenvalue weighted by Crippen LogP contribution is -2.30. The van der Waals surface area contributed by atoms with Gasteiger partial charge in [0.2, 0.25) is 0 Å². The fourth-order valence-electron chi connectivity index (χ4n) is 13.0. The van der Waals surface area contributed by atoms with Crippen molar-refractivity contribution in [3.8, 4) is 0 Å². The maximum atomic E-state index is 13.1. The Bertz CT molecular complexity index is 1930. The lowest BCUT2D eigenvalue weighted by Gasteiger charge is -2.21. The van der Waals surface area contributed by atoms with Crippen LogP contribution in [0.1, 0.15) is 451 Å². The van der Waals surface area contributed by atoms with Crippen LogP contribution in [0.2, 0.25) is 0 Å². The van der Waals surface area contributed by atoms with E-state index in [1.54, 1.807) is 0 Å². The molecule has 606 valence electrons. The van der Waals surface area contributed by atoms with Gasteiger partial charge >= 0.3 is 39.5 Å². The Morgan fingerprint density at radius 2 is 0.392 bits per heavy atom. The minimum Gasteiger partial charge on any atom is -0.462 e. The van der Waals surface area contributed by atoms with E-state index in [-0.39, 0.29) is 25.7 Å². The average molecular weight is 1490 g/mol. The summed E-state index contributed by atoms with van der Waals surface area (Å²) >= 11 is 0. The van der Waals surface area contributed by atoms with E-state index in [2.05, 4.69) is 27.7 Å². The Hall–Kier alpha value is -1.94. The third-order valence-electron chi connectivity index (χ3n) is 19.6. The summed E-state index contributed by atoms with van der Waals surface area (Å²) in [6.07, 6.45) is 70.6. The second kappa shape index (κ2) is 77.2. The maximum absolute atomic E-state index is 13.1. The molecule has 2 unspecified atom stereocenters. The highest BCUT2D eigenvalue weighted by Gasteiger charge is 2.30. The van der Waals surface area contributed by atoms with Gasteiger partial charge in [-0.05, 0) is 25.7 Å². The molecule has 0 radical (unpaired) electrons. The standard InChI is InChI=1S/C83H162O17P2/c1-5-9-13-17-21-25-29-33-36-38-41-45-49-53-57-61-65-69-82(87)99-78(73-93-80(85)67-63-59-55-51-47-43-32-28-24-20-16-12-8-4)75-97-101(89,90)95-71-77(84)72-96-102(91,92)98-76-79(74-94-81(86)68-64-60-56-52-48-44-40-35-31-27-23-19-15-11-7-3)100-83(88)70-66-62-58-54-50-46-42-39-37-34-30-26-22-18-14-10-6-2/h77-79,84H,5-76H2,1-4H3,(H,89,90)(H,91,92)/t77-,78+,79+/m0/s1. The Morgan fingerprint density at radius 1 is 0.235 bits per heavy atom. The number of hydrogen-bond acceptors (Lipinski definition) is 15. The van der Waals surface area contributed by atoms with E-state index in [4.69, 9.17) is 37.0 Å². The molecule has 0 aromatic heterocycles. The van der Waals surface area contributed by atoms with Crippen molar-refractivity contribution in [3.05, 3.63) is 0 Å². The first-order chi connectivity index (χ1) is 49.7. The normalized spacial score (nSPS) is 13.8. The fraction of sp³-hybridized carbons (Fsp3) is 0.952. The highest BCUT2D eigenvalue weighted by atomic mass is 31.2. The number of phosphoric acid groups is 2. The van der Waals surface area contributed by atoms with Crippen LogP contribution in [0, 0.1) is 0 Å². The predicted octanol–water partition coefficient (Wildman–Crippen LogP) is 25.4. The highest BCUT2D eigenvalue weighted by Crippen LogP contribution is 2.45. The van der Waals surface area contributed by atoms with Crippen molar-refractivity contribution < 1.29 is 80.2 Å². The van der Waals surface area contributed by atoms with Crippen LogP contribution in [-0.2, 0) is 65.4 Å². The summed E-state index contributed by atoms with van der Waals surface area (Å²) in [5.74, 6) is -2.10. The number of esters is 4. The quantitative estimate of drug-likeness (QED) is 0.0222. The Balaban J connectivity index is 5.26. The molecule has 0 amide bonds. The first-order valence-electron chi connectivity index (χ1n) is 43.3. The SMILES string of the molecule is CCCCCCCCCCCCCCCCCCCC(=O)O[C@H](COC(=O)CCCCCCCCCCCCCCC)COP(=O)(O)OC[C@H](O)COP(=O)(O)OC[C@@H](COC(=O)CCCCCCCCCCCCCCCCC)OC(=O)CCCCCCCCCCCCCCCCCCC. The van der Waals surface area contributed by atoms with Crippen LogP contribution in [0.15, 0.2) is 0 Å². The van der Waals surface area contributed by atoms with Gasteiger partial charge in [-0.25, -0.2) is 9.13 Å². The van der Waals surface area contributed by atoms with Crippen molar-refractivity contribution in [1.82, 2.24) is 0 Å². The van der Waals surface area contributed by atoms with E-state index in [0.717, 1.165) is 89.9 Å². The van der Waals surface area contributed by atoms with E-state index in [9.17, 15) is 43.2 Å². The second-order valence-electron chi connectivity index (χ2n) is 29.9. The molecule has 0 spiro atoms. The summed E-state index contributed by atoms with van der Waals surface area (Å²) in [5.41, 5.74) is 0. The summed E-state index contributed by atoms with van der Waals surface area (Å²) in [6, 6.07) is 0. The molecule has 0 aliphatic rings. The van der Waals surface area contributed by atoms with Gasteiger partial charge in [0.05, 0.1) is 26.4 Å². The second-order valence-corrected chi connectivity index (χ2v) is 32.8. The van der Waals surface area contributed by atoms with Crippen LogP contribution < -0.4 is 0 Å². The lowest BCUT2D eigenvalue weighted by atomic mass is 10.0. The molecule has 0 saturated carbocycles. The summed E-state index contributed by atoms with van der Waals surface area (Å²) in [5, 5.41) is 10.7. The van der Waals surface area contributed by atoms with E-state index in [1.165, 1.54) is 283 Å². The number of carbonyl (C=O) groups excluding carboxylic acids is 4. The van der Waals surface area contributed by atoms with E-state index in [0.29, 0.717) is 25.7 Å². The number of ether oxygens (including phenoxy) is 4. The molecule has 102 heavy (non-hydrogen) atoms. The van der Waals surface area contributed by atoms with Crippen molar-refractivity contribution >= 4 is 39.5 Å². The van der Waals surface area contributed by atoms with Crippen LogP contribution in [-0.4, -0.2) is 96.7 Å². The summed E-state index contributed by atoms with van der Waals surface area (Å²) in [6.45, 7) is 5.06. The first kappa shape index (κ1) is 100. The molecule has 19 heteroatoms. The number of unbranched alkanes of at least 4 members (excludes halogenated alkanes) is 58. The molecular formula is C83H162O17P2. The van der Waals surface area contributed by atoms with Crippen LogP contribution in [0.4, 0.5) is 0 Å². The average Bonchev–Trinajstić information content (AvgIpc) is 1.01. The van der Waals surface area contributed by atoms with Gasteiger partial charge in [-0.2, -0.15) is 0 Å². The summed E-state index contributed by atoms with van der Waals surface area (Å²) in [4.78, 5) is 73.2. The third kappa shape index (κ3) is 76.3. The molecule has 0 rings (SSSR count). The number of rotatable bonds is 84. The molecule has 0 aliphatic carbocycles. The van der Waals surface area contributed by atoms with E-state index < -0.39 is 97.5 Å². The third-order valence-corrected chi connectivity index (χ3v) is 21.5. The fourth-order valence-corrected chi connectivity index (χ4v) is 14.6. The van der Waals surface area contributed by atoms with Crippen molar-refractivity contribution in [1.29, 1.82) is 0 Å². The van der Waals surface area contributed by atoms with Gasteiger partial charge in [-0.1, -0.05) is 400 Å². The van der Waals surface area contributed by atoms with Gasteiger partial charge in [0, 0.05) is 25.7 Å². The van der Waals surface area contributed by atoms with Crippen LogP contribution in [0.25, 0.3) is 0 Å². The first-order valence-corrected chi connectivity index (χ1v) is 46.3. The van der Waals surface area contributed by atoms with Gasteiger partial charge in [0.1, 0.15) is 19.3 Å². The van der Waals surface area contributed by atoms with Gasteiger partial charge in [0.25, 0.3) is 0 Å². The molecule has 0 saturated heterocycles. The zero-order valence-corrected chi connectivity index (χ0v) is 68.4. The monoisotopic (exact) mass is 1490 g/mol. The molecule has 0 heterocycles. The maximum Gasteiger partial charge on any atom is 0.472 e. The smallest absolute Gasteiger partial charge is 0.462 e. The van der Waals surface area contributed by atoms with Crippen LogP contribution in [0.3, 0.4) is 0 Å². The van der Waals surface area contributed by atoms with Gasteiger partial charge in [0.15, 0.2) is 12.2 Å². The van der Waals surface area contributed by atoms with Gasteiger partial charge in [-0.15, -0.1) is 0 Å². The number of hydrogen-bond donors (Lipinski definition) is 3. The molecule has 0 aliphatic heterocycles. The van der Waals surface area contributed by atoms with Crippen molar-refractivity contribution in [3.63, 3.8) is 0 Å². The number of aliphatic hydroxyl groups excluding tert-OH is 1. The Morgan fingerprint density at radius 3 is 0.578 bits per heavy atom.